The Bertz CT molecular complexity index is 494. The Balaban J connectivity index is 2.18. The molecule has 0 spiro atoms. The molecule has 0 bridgehead atoms. The predicted molar refractivity (Wildman–Crippen MR) is 73.7 cm³/mol. The van der Waals surface area contributed by atoms with E-state index < -0.39 is 0 Å². The number of carbonyl (C=O) groups is 1. The Kier molecular flexibility index (Phi) is 3.79. The highest BCUT2D eigenvalue weighted by atomic mass is 16.5. The Hall–Kier alpha value is -1.97. The number of ether oxygens (including phenoxy) is 2. The van der Waals surface area contributed by atoms with E-state index in [1.165, 1.54) is 0 Å². The topological polar surface area (TPSA) is 47.6 Å². The number of fused-ring (bicyclic) bond motifs is 1. The molecule has 0 saturated carbocycles. The molecule has 1 aliphatic rings. The van der Waals surface area contributed by atoms with Crippen molar-refractivity contribution in [2.75, 3.05) is 19.8 Å². The maximum atomic E-state index is 11.8. The zero-order valence-electron chi connectivity index (χ0n) is 11.4. The first kappa shape index (κ1) is 13.5. The van der Waals surface area contributed by atoms with Gasteiger partial charge in [-0.3, -0.25) is 4.79 Å². The van der Waals surface area contributed by atoms with Gasteiger partial charge in [-0.1, -0.05) is 19.9 Å². The van der Waals surface area contributed by atoms with E-state index >= 15 is 0 Å². The maximum absolute atomic E-state index is 11.8. The Morgan fingerprint density at radius 2 is 2.05 bits per heavy atom. The van der Waals surface area contributed by atoms with E-state index in [9.17, 15) is 4.79 Å². The molecular weight excluding hydrogens is 242 g/mol. The van der Waals surface area contributed by atoms with E-state index in [2.05, 4.69) is 25.7 Å². The molecule has 1 heterocycles. The van der Waals surface area contributed by atoms with Crippen LogP contribution in [0.3, 0.4) is 0 Å². The third-order valence-corrected chi connectivity index (χ3v) is 2.85. The third-order valence-electron chi connectivity index (χ3n) is 2.85. The molecule has 1 N–H and O–H groups in total. The normalized spacial score (nSPS) is 16.3. The van der Waals surface area contributed by atoms with Gasteiger partial charge in [0.1, 0.15) is 0 Å². The van der Waals surface area contributed by atoms with Crippen molar-refractivity contribution in [1.29, 1.82) is 0 Å². The van der Waals surface area contributed by atoms with Crippen molar-refractivity contribution in [3.05, 3.63) is 36.4 Å². The minimum atomic E-state index is -0.144. The quantitative estimate of drug-likeness (QED) is 0.850. The average molecular weight is 261 g/mol. The number of hydrogen-bond acceptors (Lipinski definition) is 3. The molecule has 0 unspecified atom stereocenters. The van der Waals surface area contributed by atoms with Gasteiger partial charge in [0.2, 0.25) is 0 Å². The Morgan fingerprint density at radius 3 is 2.74 bits per heavy atom. The Morgan fingerprint density at radius 1 is 1.37 bits per heavy atom. The fraction of sp³-hybridized carbons (Fsp3) is 0.400. The number of carbonyl (C=O) groups excluding carboxylic acids is 1. The smallest absolute Gasteiger partial charge is 0.251 e. The summed E-state index contributed by atoms with van der Waals surface area (Å²) in [7, 11) is 0. The number of benzene rings is 1. The van der Waals surface area contributed by atoms with Gasteiger partial charge < -0.3 is 14.8 Å². The lowest BCUT2D eigenvalue weighted by molar-refractivity contribution is 0.0957. The van der Waals surface area contributed by atoms with E-state index in [1.807, 2.05) is 0 Å². The second-order valence-corrected chi connectivity index (χ2v) is 5.40. The van der Waals surface area contributed by atoms with Gasteiger partial charge in [0.05, 0.1) is 13.2 Å². The summed E-state index contributed by atoms with van der Waals surface area (Å²) in [5, 5.41) is 2.73. The maximum Gasteiger partial charge on any atom is 0.251 e. The number of hydrogen-bond donors (Lipinski definition) is 1. The molecule has 0 radical (unpaired) electrons. The highest BCUT2D eigenvalue weighted by molar-refractivity contribution is 5.94. The average Bonchev–Trinajstić information content (AvgIpc) is 2.55. The zero-order valence-corrected chi connectivity index (χ0v) is 11.4. The SMILES string of the molecule is C=CCNC(=O)c1ccc2c(c1)OCC(C)(C)CO2. The first-order chi connectivity index (χ1) is 9.02. The van der Waals surface area contributed by atoms with Crippen LogP contribution in [-0.2, 0) is 0 Å². The van der Waals surface area contributed by atoms with E-state index in [0.29, 0.717) is 36.8 Å². The molecule has 2 rings (SSSR count). The second kappa shape index (κ2) is 5.34. The van der Waals surface area contributed by atoms with Gasteiger partial charge in [-0.2, -0.15) is 0 Å². The van der Waals surface area contributed by atoms with Crippen LogP contribution in [0.15, 0.2) is 30.9 Å². The van der Waals surface area contributed by atoms with Gasteiger partial charge in [-0.25, -0.2) is 0 Å². The molecule has 4 nitrogen and oxygen atoms in total. The van der Waals surface area contributed by atoms with Gasteiger partial charge in [0.15, 0.2) is 11.5 Å². The molecule has 0 fully saturated rings. The van der Waals surface area contributed by atoms with E-state index in [1.54, 1.807) is 24.3 Å². The van der Waals surface area contributed by atoms with Crippen molar-refractivity contribution < 1.29 is 14.3 Å². The molecule has 102 valence electrons. The summed E-state index contributed by atoms with van der Waals surface area (Å²) >= 11 is 0. The first-order valence-corrected chi connectivity index (χ1v) is 6.30. The molecule has 1 aromatic rings. The highest BCUT2D eigenvalue weighted by Gasteiger charge is 2.25. The molecule has 1 amide bonds. The highest BCUT2D eigenvalue weighted by Crippen LogP contribution is 2.34. The molecule has 0 aliphatic carbocycles. The van der Waals surface area contributed by atoms with Crippen LogP contribution in [-0.4, -0.2) is 25.7 Å². The lowest BCUT2D eigenvalue weighted by atomic mass is 9.97. The van der Waals surface area contributed by atoms with Crippen molar-refractivity contribution in [2.45, 2.75) is 13.8 Å². The molecule has 4 heteroatoms. The van der Waals surface area contributed by atoms with Gasteiger partial charge in [0.25, 0.3) is 5.91 Å². The minimum Gasteiger partial charge on any atom is -0.489 e. The van der Waals surface area contributed by atoms with Crippen LogP contribution in [0.4, 0.5) is 0 Å². The number of amides is 1. The van der Waals surface area contributed by atoms with Crippen LogP contribution < -0.4 is 14.8 Å². The summed E-state index contributed by atoms with van der Waals surface area (Å²) in [6.45, 7) is 9.34. The Labute approximate surface area is 113 Å². The molecule has 0 saturated heterocycles. The second-order valence-electron chi connectivity index (χ2n) is 5.40. The van der Waals surface area contributed by atoms with Crippen molar-refractivity contribution in [1.82, 2.24) is 5.32 Å². The first-order valence-electron chi connectivity index (χ1n) is 6.30. The van der Waals surface area contributed by atoms with Crippen molar-refractivity contribution >= 4 is 5.91 Å². The summed E-state index contributed by atoms with van der Waals surface area (Å²) in [5.74, 6) is 1.16. The standard InChI is InChI=1S/C15H19NO3/c1-4-7-16-14(17)11-5-6-12-13(8-11)19-10-15(2,3)9-18-12/h4-6,8H,1,7,9-10H2,2-3H3,(H,16,17). The van der Waals surface area contributed by atoms with Crippen LogP contribution >= 0.6 is 0 Å². The van der Waals surface area contributed by atoms with Gasteiger partial charge >= 0.3 is 0 Å². The van der Waals surface area contributed by atoms with Crippen LogP contribution in [0, 0.1) is 5.41 Å². The summed E-state index contributed by atoms with van der Waals surface area (Å²) in [5.41, 5.74) is 0.522. The van der Waals surface area contributed by atoms with Gasteiger partial charge in [-0.15, -0.1) is 6.58 Å². The zero-order chi connectivity index (χ0) is 13.9. The van der Waals surface area contributed by atoms with Crippen molar-refractivity contribution in [2.24, 2.45) is 5.41 Å². The summed E-state index contributed by atoms with van der Waals surface area (Å²) in [6.07, 6.45) is 1.64. The third kappa shape index (κ3) is 3.28. The number of rotatable bonds is 3. The lowest BCUT2D eigenvalue weighted by Gasteiger charge is -2.19. The van der Waals surface area contributed by atoms with Crippen LogP contribution in [0.1, 0.15) is 24.2 Å². The summed E-state index contributed by atoms with van der Waals surface area (Å²) in [6, 6.07) is 5.23. The predicted octanol–water partition coefficient (Wildman–Crippen LogP) is 2.40. The van der Waals surface area contributed by atoms with Crippen LogP contribution in [0.2, 0.25) is 0 Å². The summed E-state index contributed by atoms with van der Waals surface area (Å²) < 4.78 is 11.4. The van der Waals surface area contributed by atoms with E-state index in [0.717, 1.165) is 0 Å². The molecule has 1 aliphatic heterocycles. The monoisotopic (exact) mass is 261 g/mol. The van der Waals surface area contributed by atoms with Crippen molar-refractivity contribution in [3.8, 4) is 11.5 Å². The fourth-order valence-corrected chi connectivity index (χ4v) is 1.74. The lowest BCUT2D eigenvalue weighted by Crippen LogP contribution is -2.26. The van der Waals surface area contributed by atoms with Crippen LogP contribution in [0.25, 0.3) is 0 Å². The molecule has 0 atom stereocenters. The fourth-order valence-electron chi connectivity index (χ4n) is 1.74. The van der Waals surface area contributed by atoms with E-state index in [-0.39, 0.29) is 11.3 Å². The molecule has 1 aromatic carbocycles. The minimum absolute atomic E-state index is 0.0374. The van der Waals surface area contributed by atoms with Gasteiger partial charge in [-0.05, 0) is 18.2 Å². The number of nitrogens with one attached hydrogen (secondary N) is 1. The molecule has 19 heavy (non-hydrogen) atoms. The molecule has 0 aromatic heterocycles. The largest absolute Gasteiger partial charge is 0.489 e. The summed E-state index contributed by atoms with van der Waals surface area (Å²) in [4.78, 5) is 11.8. The van der Waals surface area contributed by atoms with Gasteiger partial charge in [0, 0.05) is 17.5 Å². The van der Waals surface area contributed by atoms with Crippen LogP contribution in [0.5, 0.6) is 11.5 Å². The van der Waals surface area contributed by atoms with E-state index in [4.69, 9.17) is 9.47 Å². The molecular formula is C15H19NO3. The van der Waals surface area contributed by atoms with Crippen molar-refractivity contribution in [3.63, 3.8) is 0 Å².